The molecule has 92 valence electrons. The highest BCUT2D eigenvalue weighted by Crippen LogP contribution is 2.30. The Morgan fingerprint density at radius 1 is 1.24 bits per heavy atom. The molecule has 0 spiro atoms. The van der Waals surface area contributed by atoms with Crippen LogP contribution in [0.15, 0.2) is 24.3 Å². The van der Waals surface area contributed by atoms with Crippen molar-refractivity contribution < 1.29 is 0 Å². The molecule has 2 heterocycles. The van der Waals surface area contributed by atoms with E-state index in [0.29, 0.717) is 12.1 Å². The zero-order chi connectivity index (χ0) is 11.7. The highest BCUT2D eigenvalue weighted by atomic mass is 15.2. The maximum Gasteiger partial charge on any atom is 0.0415 e. The third-order valence-corrected chi connectivity index (χ3v) is 4.22. The second-order valence-electron chi connectivity index (χ2n) is 5.47. The molecule has 1 aromatic rings. The number of nitrogens with one attached hydrogen (secondary N) is 1. The fourth-order valence-electron chi connectivity index (χ4n) is 3.19. The highest BCUT2D eigenvalue weighted by molar-refractivity contribution is 5.56. The number of benzene rings is 1. The van der Waals surface area contributed by atoms with E-state index in [9.17, 15) is 0 Å². The van der Waals surface area contributed by atoms with E-state index < -0.39 is 0 Å². The Morgan fingerprint density at radius 2 is 2.12 bits per heavy atom. The lowest BCUT2D eigenvalue weighted by molar-refractivity contribution is 0.364. The SMILES string of the molecule is CC1CCC(N2CCCc3ccccc32)CN1. The van der Waals surface area contributed by atoms with Crippen LogP contribution in [0.25, 0.3) is 0 Å². The van der Waals surface area contributed by atoms with Crippen LogP contribution in [0, 0.1) is 0 Å². The van der Waals surface area contributed by atoms with Crippen LogP contribution < -0.4 is 10.2 Å². The predicted octanol–water partition coefficient (Wildman–Crippen LogP) is 2.58. The van der Waals surface area contributed by atoms with Crippen LogP contribution in [0.4, 0.5) is 5.69 Å². The molecule has 3 rings (SSSR count). The first-order chi connectivity index (χ1) is 8.34. The number of hydrogen-bond donors (Lipinski definition) is 1. The zero-order valence-electron chi connectivity index (χ0n) is 10.7. The van der Waals surface area contributed by atoms with E-state index in [1.54, 1.807) is 0 Å². The van der Waals surface area contributed by atoms with Gasteiger partial charge in [0.25, 0.3) is 0 Å². The Bertz CT molecular complexity index is 380. The molecule has 0 bridgehead atoms. The van der Waals surface area contributed by atoms with E-state index in [1.807, 2.05) is 0 Å². The van der Waals surface area contributed by atoms with Crippen molar-refractivity contribution in [2.75, 3.05) is 18.0 Å². The molecule has 0 amide bonds. The molecule has 1 saturated heterocycles. The monoisotopic (exact) mass is 230 g/mol. The number of aryl methyl sites for hydroxylation is 1. The van der Waals surface area contributed by atoms with Gasteiger partial charge in [0.2, 0.25) is 0 Å². The smallest absolute Gasteiger partial charge is 0.0415 e. The molecule has 0 radical (unpaired) electrons. The predicted molar refractivity (Wildman–Crippen MR) is 72.6 cm³/mol. The van der Waals surface area contributed by atoms with Gasteiger partial charge in [0.1, 0.15) is 0 Å². The van der Waals surface area contributed by atoms with Crippen molar-refractivity contribution >= 4 is 5.69 Å². The van der Waals surface area contributed by atoms with E-state index in [-0.39, 0.29) is 0 Å². The van der Waals surface area contributed by atoms with E-state index in [1.165, 1.54) is 43.5 Å². The van der Waals surface area contributed by atoms with E-state index >= 15 is 0 Å². The van der Waals surface area contributed by atoms with Gasteiger partial charge in [0.05, 0.1) is 0 Å². The molecule has 1 fully saturated rings. The summed E-state index contributed by atoms with van der Waals surface area (Å²) in [5, 5.41) is 3.62. The first-order valence-corrected chi connectivity index (χ1v) is 6.92. The summed E-state index contributed by atoms with van der Waals surface area (Å²) in [6, 6.07) is 10.3. The number of anilines is 1. The molecule has 2 unspecified atom stereocenters. The molecule has 2 heteroatoms. The number of piperidine rings is 1. The van der Waals surface area contributed by atoms with Gasteiger partial charge in [-0.15, -0.1) is 0 Å². The lowest BCUT2D eigenvalue weighted by Crippen LogP contribution is -2.50. The number of nitrogens with zero attached hydrogens (tertiary/aromatic N) is 1. The van der Waals surface area contributed by atoms with Crippen molar-refractivity contribution in [3.8, 4) is 0 Å². The summed E-state index contributed by atoms with van der Waals surface area (Å²) < 4.78 is 0. The van der Waals surface area contributed by atoms with Crippen LogP contribution in [-0.2, 0) is 6.42 Å². The van der Waals surface area contributed by atoms with Crippen molar-refractivity contribution in [3.63, 3.8) is 0 Å². The molecule has 0 saturated carbocycles. The second-order valence-corrected chi connectivity index (χ2v) is 5.47. The minimum absolute atomic E-state index is 0.700. The van der Waals surface area contributed by atoms with Crippen molar-refractivity contribution in [2.24, 2.45) is 0 Å². The van der Waals surface area contributed by atoms with Crippen molar-refractivity contribution in [3.05, 3.63) is 29.8 Å². The van der Waals surface area contributed by atoms with Gasteiger partial charge in [-0.3, -0.25) is 0 Å². The number of fused-ring (bicyclic) bond motifs is 1. The fourth-order valence-corrected chi connectivity index (χ4v) is 3.19. The highest BCUT2D eigenvalue weighted by Gasteiger charge is 2.26. The molecule has 2 aliphatic heterocycles. The minimum atomic E-state index is 0.700. The zero-order valence-corrected chi connectivity index (χ0v) is 10.7. The summed E-state index contributed by atoms with van der Waals surface area (Å²) in [5.74, 6) is 0. The molecule has 1 N–H and O–H groups in total. The summed E-state index contributed by atoms with van der Waals surface area (Å²) in [6.45, 7) is 4.67. The molecule has 17 heavy (non-hydrogen) atoms. The van der Waals surface area contributed by atoms with Gasteiger partial charge >= 0.3 is 0 Å². The van der Waals surface area contributed by atoms with Crippen LogP contribution >= 0.6 is 0 Å². The average molecular weight is 230 g/mol. The van der Waals surface area contributed by atoms with Gasteiger partial charge in [-0.1, -0.05) is 18.2 Å². The lowest BCUT2D eigenvalue weighted by Gasteiger charge is -2.41. The van der Waals surface area contributed by atoms with Gasteiger partial charge in [0.15, 0.2) is 0 Å². The number of hydrogen-bond acceptors (Lipinski definition) is 2. The number of rotatable bonds is 1. The summed E-state index contributed by atoms with van der Waals surface area (Å²) in [6.07, 6.45) is 5.21. The Labute approximate surface area is 104 Å². The van der Waals surface area contributed by atoms with Crippen LogP contribution in [0.1, 0.15) is 31.7 Å². The largest absolute Gasteiger partial charge is 0.367 e. The Balaban J connectivity index is 1.80. The van der Waals surface area contributed by atoms with Gasteiger partial charge in [-0.2, -0.15) is 0 Å². The maximum atomic E-state index is 3.62. The average Bonchev–Trinajstić information content (AvgIpc) is 2.39. The third-order valence-electron chi connectivity index (χ3n) is 4.22. The van der Waals surface area contributed by atoms with E-state index in [2.05, 4.69) is 41.4 Å². The van der Waals surface area contributed by atoms with Crippen LogP contribution in [0.2, 0.25) is 0 Å². The third kappa shape index (κ3) is 2.19. The number of para-hydroxylation sites is 1. The topological polar surface area (TPSA) is 15.3 Å². The Kier molecular flexibility index (Phi) is 3.06. The molecular weight excluding hydrogens is 208 g/mol. The second kappa shape index (κ2) is 4.69. The van der Waals surface area contributed by atoms with Crippen LogP contribution in [0.3, 0.4) is 0 Å². The molecule has 0 aliphatic carbocycles. The first kappa shape index (κ1) is 11.1. The van der Waals surface area contributed by atoms with Gasteiger partial charge in [-0.05, 0) is 44.2 Å². The molecular formula is C15H22N2. The summed E-state index contributed by atoms with van der Waals surface area (Å²) in [5.41, 5.74) is 3.03. The molecule has 1 aromatic carbocycles. The molecule has 2 nitrogen and oxygen atoms in total. The fraction of sp³-hybridized carbons (Fsp3) is 0.600. The Morgan fingerprint density at radius 3 is 2.94 bits per heavy atom. The summed E-state index contributed by atoms with van der Waals surface area (Å²) in [7, 11) is 0. The summed E-state index contributed by atoms with van der Waals surface area (Å²) >= 11 is 0. The van der Waals surface area contributed by atoms with E-state index in [4.69, 9.17) is 0 Å². The normalized spacial score (nSPS) is 28.9. The molecule has 2 atom stereocenters. The van der Waals surface area contributed by atoms with Gasteiger partial charge in [-0.25, -0.2) is 0 Å². The quantitative estimate of drug-likeness (QED) is 0.797. The minimum Gasteiger partial charge on any atom is -0.367 e. The van der Waals surface area contributed by atoms with Crippen molar-refractivity contribution in [1.29, 1.82) is 0 Å². The Hall–Kier alpha value is -1.02. The standard InChI is InChI=1S/C15H22N2/c1-12-8-9-14(11-16-12)17-10-4-6-13-5-2-3-7-15(13)17/h2-3,5,7,12,14,16H,4,6,8-11H2,1H3. The van der Waals surface area contributed by atoms with Gasteiger partial charge in [0, 0.05) is 30.9 Å². The maximum absolute atomic E-state index is 3.62. The molecule has 2 aliphatic rings. The lowest BCUT2D eigenvalue weighted by atomic mass is 9.95. The van der Waals surface area contributed by atoms with Crippen LogP contribution in [0.5, 0.6) is 0 Å². The van der Waals surface area contributed by atoms with Crippen molar-refractivity contribution in [1.82, 2.24) is 5.32 Å². The summed E-state index contributed by atoms with van der Waals surface area (Å²) in [4.78, 5) is 2.64. The van der Waals surface area contributed by atoms with Crippen molar-refractivity contribution in [2.45, 2.75) is 44.7 Å². The van der Waals surface area contributed by atoms with E-state index in [0.717, 1.165) is 6.54 Å². The van der Waals surface area contributed by atoms with Crippen LogP contribution in [-0.4, -0.2) is 25.2 Å². The first-order valence-electron chi connectivity index (χ1n) is 6.92. The molecule has 0 aromatic heterocycles. The van der Waals surface area contributed by atoms with Gasteiger partial charge < -0.3 is 10.2 Å².